The van der Waals surface area contributed by atoms with E-state index in [9.17, 15) is 9.59 Å². The predicted molar refractivity (Wildman–Crippen MR) is 89.5 cm³/mol. The fraction of sp³-hybridized carbons (Fsp3) is 0.588. The SMILES string of the molecule is CCN1CCN(C(=O)c2cccc(C(=O)NC(C)(C)C)n2)CC1. The van der Waals surface area contributed by atoms with E-state index in [4.69, 9.17) is 0 Å². The van der Waals surface area contributed by atoms with Crippen molar-refractivity contribution in [3.63, 3.8) is 0 Å². The third-order valence-electron chi connectivity index (χ3n) is 3.80. The fourth-order valence-electron chi connectivity index (χ4n) is 2.51. The molecule has 6 heteroatoms. The maximum Gasteiger partial charge on any atom is 0.272 e. The predicted octanol–water partition coefficient (Wildman–Crippen LogP) is 1.39. The monoisotopic (exact) mass is 318 g/mol. The first-order valence-corrected chi connectivity index (χ1v) is 8.11. The Bertz CT molecular complexity index is 572. The number of hydrogen-bond donors (Lipinski definition) is 1. The zero-order chi connectivity index (χ0) is 17.0. The number of pyridine rings is 1. The van der Waals surface area contributed by atoms with E-state index < -0.39 is 0 Å². The van der Waals surface area contributed by atoms with E-state index in [1.165, 1.54) is 0 Å². The molecule has 23 heavy (non-hydrogen) atoms. The Morgan fingerprint density at radius 1 is 1.13 bits per heavy atom. The minimum atomic E-state index is -0.338. The Kier molecular flexibility index (Phi) is 5.36. The van der Waals surface area contributed by atoms with Gasteiger partial charge in [0.1, 0.15) is 11.4 Å². The second kappa shape index (κ2) is 7.08. The normalized spacial score (nSPS) is 16.3. The van der Waals surface area contributed by atoms with Crippen LogP contribution in [-0.4, -0.2) is 64.9 Å². The minimum Gasteiger partial charge on any atom is -0.346 e. The molecule has 6 nitrogen and oxygen atoms in total. The van der Waals surface area contributed by atoms with Gasteiger partial charge in [-0.1, -0.05) is 13.0 Å². The smallest absolute Gasteiger partial charge is 0.272 e. The third kappa shape index (κ3) is 4.76. The van der Waals surface area contributed by atoms with Crippen molar-refractivity contribution in [3.05, 3.63) is 29.6 Å². The van der Waals surface area contributed by atoms with Crippen LogP contribution >= 0.6 is 0 Å². The number of carbonyl (C=O) groups excluding carboxylic acids is 2. The highest BCUT2D eigenvalue weighted by Crippen LogP contribution is 2.09. The molecule has 1 N–H and O–H groups in total. The van der Waals surface area contributed by atoms with Crippen LogP contribution in [0.1, 0.15) is 48.7 Å². The summed E-state index contributed by atoms with van der Waals surface area (Å²) in [6.45, 7) is 12.0. The minimum absolute atomic E-state index is 0.105. The first-order valence-electron chi connectivity index (χ1n) is 8.11. The lowest BCUT2D eigenvalue weighted by molar-refractivity contribution is 0.0637. The fourth-order valence-corrected chi connectivity index (χ4v) is 2.51. The van der Waals surface area contributed by atoms with Gasteiger partial charge in [-0.15, -0.1) is 0 Å². The molecule has 0 bridgehead atoms. The van der Waals surface area contributed by atoms with Crippen molar-refractivity contribution in [2.75, 3.05) is 32.7 Å². The Morgan fingerprint density at radius 3 is 2.30 bits per heavy atom. The van der Waals surface area contributed by atoms with Gasteiger partial charge in [0.25, 0.3) is 11.8 Å². The molecule has 0 radical (unpaired) electrons. The Morgan fingerprint density at radius 2 is 1.74 bits per heavy atom. The van der Waals surface area contributed by atoms with Gasteiger partial charge in [0.15, 0.2) is 0 Å². The van der Waals surface area contributed by atoms with Crippen LogP contribution in [0.15, 0.2) is 18.2 Å². The van der Waals surface area contributed by atoms with Crippen molar-refractivity contribution >= 4 is 11.8 Å². The van der Waals surface area contributed by atoms with Crippen molar-refractivity contribution in [1.29, 1.82) is 0 Å². The number of nitrogens with zero attached hydrogens (tertiary/aromatic N) is 3. The molecule has 1 fully saturated rings. The molecule has 1 aromatic heterocycles. The molecule has 1 aromatic rings. The highest BCUT2D eigenvalue weighted by atomic mass is 16.2. The van der Waals surface area contributed by atoms with Crippen LogP contribution in [0.2, 0.25) is 0 Å². The highest BCUT2D eigenvalue weighted by Gasteiger charge is 2.23. The van der Waals surface area contributed by atoms with Crippen LogP contribution in [0.5, 0.6) is 0 Å². The van der Waals surface area contributed by atoms with Gasteiger partial charge in [-0.2, -0.15) is 0 Å². The number of likely N-dealkylation sites (N-methyl/N-ethyl adjacent to an activating group) is 1. The highest BCUT2D eigenvalue weighted by molar-refractivity contribution is 5.96. The number of aromatic nitrogens is 1. The van der Waals surface area contributed by atoms with Crippen LogP contribution in [0.25, 0.3) is 0 Å². The Hall–Kier alpha value is -1.95. The molecule has 1 aliphatic heterocycles. The van der Waals surface area contributed by atoms with Gasteiger partial charge in [0.2, 0.25) is 0 Å². The van der Waals surface area contributed by atoms with Gasteiger partial charge in [0.05, 0.1) is 0 Å². The van der Waals surface area contributed by atoms with Crippen LogP contribution in [-0.2, 0) is 0 Å². The zero-order valence-corrected chi connectivity index (χ0v) is 14.4. The molecule has 0 aromatic carbocycles. The van der Waals surface area contributed by atoms with E-state index in [1.807, 2.05) is 20.8 Å². The van der Waals surface area contributed by atoms with Crippen molar-refractivity contribution in [3.8, 4) is 0 Å². The molecule has 2 rings (SSSR count). The van der Waals surface area contributed by atoms with Crippen LogP contribution in [0.3, 0.4) is 0 Å². The van der Waals surface area contributed by atoms with Gasteiger partial charge in [-0.3, -0.25) is 9.59 Å². The molecule has 2 heterocycles. The van der Waals surface area contributed by atoms with E-state index >= 15 is 0 Å². The van der Waals surface area contributed by atoms with Crippen molar-refractivity contribution < 1.29 is 9.59 Å². The molecule has 0 aliphatic carbocycles. The Labute approximate surface area is 137 Å². The maximum atomic E-state index is 12.6. The van der Waals surface area contributed by atoms with Crippen molar-refractivity contribution in [2.45, 2.75) is 33.2 Å². The largest absolute Gasteiger partial charge is 0.346 e. The average Bonchev–Trinajstić information content (AvgIpc) is 2.53. The lowest BCUT2D eigenvalue weighted by atomic mass is 10.1. The zero-order valence-electron chi connectivity index (χ0n) is 14.4. The van der Waals surface area contributed by atoms with Crippen LogP contribution < -0.4 is 5.32 Å². The summed E-state index contributed by atoms with van der Waals surface area (Å²) in [5.74, 6) is -0.367. The molecule has 0 saturated carbocycles. The number of hydrogen-bond acceptors (Lipinski definition) is 4. The van der Waals surface area contributed by atoms with Crippen molar-refractivity contribution in [2.24, 2.45) is 0 Å². The van der Waals surface area contributed by atoms with Crippen LogP contribution in [0.4, 0.5) is 0 Å². The van der Waals surface area contributed by atoms with Gasteiger partial charge in [-0.05, 0) is 39.4 Å². The van der Waals surface area contributed by atoms with Crippen molar-refractivity contribution in [1.82, 2.24) is 20.1 Å². The topological polar surface area (TPSA) is 65.5 Å². The summed E-state index contributed by atoms with van der Waals surface area (Å²) in [7, 11) is 0. The number of nitrogens with one attached hydrogen (secondary N) is 1. The Balaban J connectivity index is 2.07. The molecule has 0 unspecified atom stereocenters. The molecule has 1 saturated heterocycles. The molecule has 1 aliphatic rings. The number of piperazine rings is 1. The molecule has 0 atom stereocenters. The summed E-state index contributed by atoms with van der Waals surface area (Å²) in [6.07, 6.45) is 0. The van der Waals surface area contributed by atoms with E-state index in [-0.39, 0.29) is 23.0 Å². The summed E-state index contributed by atoms with van der Waals surface area (Å²) in [6, 6.07) is 5.01. The summed E-state index contributed by atoms with van der Waals surface area (Å²) in [4.78, 5) is 33.1. The summed E-state index contributed by atoms with van der Waals surface area (Å²) in [5, 5.41) is 2.86. The van der Waals surface area contributed by atoms with E-state index in [0.29, 0.717) is 18.8 Å². The van der Waals surface area contributed by atoms with Gasteiger partial charge < -0.3 is 15.1 Å². The summed E-state index contributed by atoms with van der Waals surface area (Å²) in [5.41, 5.74) is 0.268. The van der Waals surface area contributed by atoms with E-state index in [0.717, 1.165) is 19.6 Å². The quantitative estimate of drug-likeness (QED) is 0.914. The molecule has 0 spiro atoms. The third-order valence-corrected chi connectivity index (χ3v) is 3.80. The number of rotatable bonds is 3. The van der Waals surface area contributed by atoms with E-state index in [1.54, 1.807) is 23.1 Å². The molecular weight excluding hydrogens is 292 g/mol. The summed E-state index contributed by atoms with van der Waals surface area (Å²) >= 11 is 0. The molecular formula is C17H26N4O2. The first-order chi connectivity index (χ1) is 10.8. The van der Waals surface area contributed by atoms with E-state index in [2.05, 4.69) is 22.1 Å². The number of amides is 2. The maximum absolute atomic E-state index is 12.6. The first kappa shape index (κ1) is 17.4. The average molecular weight is 318 g/mol. The van der Waals surface area contributed by atoms with Gasteiger partial charge in [-0.25, -0.2) is 4.98 Å². The molecule has 2 amide bonds. The summed E-state index contributed by atoms with van der Waals surface area (Å²) < 4.78 is 0. The van der Waals surface area contributed by atoms with Gasteiger partial charge in [0, 0.05) is 31.7 Å². The number of carbonyl (C=O) groups is 2. The lowest BCUT2D eigenvalue weighted by Crippen LogP contribution is -2.48. The van der Waals surface area contributed by atoms with Gasteiger partial charge >= 0.3 is 0 Å². The van der Waals surface area contributed by atoms with Crippen LogP contribution in [0, 0.1) is 0 Å². The lowest BCUT2D eigenvalue weighted by Gasteiger charge is -2.33. The second-order valence-corrected chi connectivity index (χ2v) is 6.84. The standard InChI is InChI=1S/C17H26N4O2/c1-5-20-9-11-21(12-10-20)16(23)14-8-6-7-13(18-14)15(22)19-17(2,3)4/h6-8H,5,9-12H2,1-4H3,(H,19,22). The molecule has 126 valence electrons. The second-order valence-electron chi connectivity index (χ2n) is 6.84.